The second-order valence-electron chi connectivity index (χ2n) is 6.47. The summed E-state index contributed by atoms with van der Waals surface area (Å²) in [5, 5.41) is 12.4. The second-order valence-corrected chi connectivity index (χ2v) is 6.47. The van der Waals surface area contributed by atoms with Crippen molar-refractivity contribution in [1.82, 2.24) is 0 Å². The van der Waals surface area contributed by atoms with Crippen LogP contribution in [0.3, 0.4) is 0 Å². The van der Waals surface area contributed by atoms with Crippen molar-refractivity contribution in [2.75, 3.05) is 11.9 Å². The second kappa shape index (κ2) is 6.33. The maximum Gasteiger partial charge on any atom is 0.255 e. The lowest BCUT2D eigenvalue weighted by Crippen LogP contribution is -2.36. The zero-order valence-corrected chi connectivity index (χ0v) is 14.4. The molecule has 0 fully saturated rings. The maximum atomic E-state index is 13.0. The summed E-state index contributed by atoms with van der Waals surface area (Å²) in [6.45, 7) is 5.47. The van der Waals surface area contributed by atoms with Crippen molar-refractivity contribution in [1.29, 1.82) is 0 Å². The van der Waals surface area contributed by atoms with E-state index in [-0.39, 0.29) is 18.3 Å². The van der Waals surface area contributed by atoms with E-state index in [4.69, 9.17) is 4.74 Å². The van der Waals surface area contributed by atoms with Crippen molar-refractivity contribution in [2.24, 2.45) is 0 Å². The number of carbonyl (C=O) groups excluding carboxylic acids is 1. The molecule has 0 aliphatic carbocycles. The molecular weight excluding hydrogens is 321 g/mol. The molecule has 0 bridgehead atoms. The molecule has 0 radical (unpaired) electrons. The first-order chi connectivity index (χ1) is 11.8. The molecule has 1 heterocycles. The van der Waals surface area contributed by atoms with Crippen LogP contribution in [-0.2, 0) is 0 Å². The van der Waals surface area contributed by atoms with E-state index >= 15 is 0 Å². The smallest absolute Gasteiger partial charge is 0.255 e. The Morgan fingerprint density at radius 2 is 1.96 bits per heavy atom. The van der Waals surface area contributed by atoms with E-state index < -0.39 is 5.60 Å². The average Bonchev–Trinajstić information content (AvgIpc) is 2.58. The highest BCUT2D eigenvalue weighted by Gasteiger charge is 2.28. The van der Waals surface area contributed by atoms with Gasteiger partial charge in [0.25, 0.3) is 5.91 Å². The van der Waals surface area contributed by atoms with E-state index in [0.717, 1.165) is 16.7 Å². The van der Waals surface area contributed by atoms with Crippen molar-refractivity contribution in [3.63, 3.8) is 0 Å². The minimum Gasteiger partial charge on any atom is -0.480 e. The van der Waals surface area contributed by atoms with Gasteiger partial charge in [-0.3, -0.25) is 4.79 Å². The number of amides is 1. The molecule has 4 nitrogen and oxygen atoms in total. The number of fused-ring (bicyclic) bond motifs is 1. The number of rotatable bonds is 3. The molecule has 2 aromatic rings. The lowest BCUT2D eigenvalue weighted by molar-refractivity contribution is 0.0640. The van der Waals surface area contributed by atoms with Crippen LogP contribution >= 0.6 is 0 Å². The van der Waals surface area contributed by atoms with Gasteiger partial charge < -0.3 is 15.2 Å². The Hall–Kier alpha value is -2.66. The highest BCUT2D eigenvalue weighted by molar-refractivity contribution is 6.05. The first-order valence-corrected chi connectivity index (χ1v) is 8.03. The molecule has 0 aromatic heterocycles. The van der Waals surface area contributed by atoms with Crippen LogP contribution in [0.5, 0.6) is 5.75 Å². The fourth-order valence-corrected chi connectivity index (χ4v) is 2.86. The van der Waals surface area contributed by atoms with Crippen LogP contribution in [-0.4, -0.2) is 23.2 Å². The van der Waals surface area contributed by atoms with Gasteiger partial charge in [0.1, 0.15) is 17.2 Å². The van der Waals surface area contributed by atoms with Crippen LogP contribution in [0, 0.1) is 19.7 Å². The van der Waals surface area contributed by atoms with Crippen molar-refractivity contribution in [3.05, 3.63) is 64.5 Å². The van der Waals surface area contributed by atoms with E-state index in [1.54, 1.807) is 6.92 Å². The third kappa shape index (κ3) is 3.28. The van der Waals surface area contributed by atoms with Crippen molar-refractivity contribution < 1.29 is 19.0 Å². The molecule has 0 spiro atoms. The molecule has 2 aromatic carbocycles. The number of anilines is 1. The summed E-state index contributed by atoms with van der Waals surface area (Å²) < 4.78 is 18.9. The predicted molar refractivity (Wildman–Crippen MR) is 95.4 cm³/mol. The Morgan fingerprint density at radius 3 is 2.60 bits per heavy atom. The monoisotopic (exact) mass is 341 g/mol. The number of nitrogens with one attached hydrogen (secondary N) is 1. The van der Waals surface area contributed by atoms with Crippen LogP contribution in [0.15, 0.2) is 36.4 Å². The molecule has 130 valence electrons. The van der Waals surface area contributed by atoms with Gasteiger partial charge >= 0.3 is 0 Å². The molecule has 1 aliphatic rings. The van der Waals surface area contributed by atoms with Gasteiger partial charge in [-0.2, -0.15) is 0 Å². The van der Waals surface area contributed by atoms with E-state index in [2.05, 4.69) is 5.32 Å². The number of aryl methyl sites for hydroxylation is 1. The van der Waals surface area contributed by atoms with Gasteiger partial charge in [-0.25, -0.2) is 4.39 Å². The Labute approximate surface area is 145 Å². The van der Waals surface area contributed by atoms with E-state index in [1.807, 2.05) is 32.1 Å². The number of benzene rings is 2. The van der Waals surface area contributed by atoms with Crippen molar-refractivity contribution >= 4 is 17.7 Å². The Kier molecular flexibility index (Phi) is 4.35. The molecule has 0 saturated carbocycles. The fraction of sp³-hybridized carbons (Fsp3) is 0.250. The summed E-state index contributed by atoms with van der Waals surface area (Å²) in [5.41, 5.74) is 2.94. The Balaban J connectivity index is 1.94. The normalized spacial score (nSPS) is 18.4. The number of ether oxygens (including phenoxy) is 1. The maximum absolute atomic E-state index is 13.0. The molecule has 1 amide bonds. The van der Waals surface area contributed by atoms with Crippen molar-refractivity contribution in [3.8, 4) is 5.75 Å². The first kappa shape index (κ1) is 17.2. The molecule has 1 atom stereocenters. The Bertz CT molecular complexity index is 858. The minimum absolute atomic E-state index is 0.121. The summed E-state index contributed by atoms with van der Waals surface area (Å²) in [7, 11) is 0. The zero-order chi connectivity index (χ0) is 18.2. The quantitative estimate of drug-likeness (QED) is 0.891. The highest BCUT2D eigenvalue weighted by Crippen LogP contribution is 2.38. The molecular formula is C20H20FNO3. The number of carbonyl (C=O) groups is 1. The molecule has 3 rings (SSSR count). The SMILES string of the molecule is Cc1cc2c(c(C)c1NC(=O)c1ccc(F)cc1)C=CC(C)(CO)O2. The van der Waals surface area contributed by atoms with Crippen LogP contribution in [0.2, 0.25) is 0 Å². The van der Waals surface area contributed by atoms with Gasteiger partial charge in [-0.15, -0.1) is 0 Å². The van der Waals surface area contributed by atoms with Crippen LogP contribution < -0.4 is 10.1 Å². The summed E-state index contributed by atoms with van der Waals surface area (Å²) in [6, 6.07) is 7.26. The van der Waals surface area contributed by atoms with Gasteiger partial charge in [-0.05, 0) is 68.3 Å². The van der Waals surface area contributed by atoms with Gasteiger partial charge in [0.05, 0.1) is 6.61 Å². The summed E-state index contributed by atoms with van der Waals surface area (Å²) >= 11 is 0. The molecule has 5 heteroatoms. The minimum atomic E-state index is -0.745. The van der Waals surface area contributed by atoms with Crippen LogP contribution in [0.4, 0.5) is 10.1 Å². The summed E-state index contributed by atoms with van der Waals surface area (Å²) in [4.78, 5) is 12.4. The third-order valence-corrected chi connectivity index (χ3v) is 4.39. The Morgan fingerprint density at radius 1 is 1.28 bits per heavy atom. The molecule has 25 heavy (non-hydrogen) atoms. The molecule has 1 aliphatic heterocycles. The lowest BCUT2D eigenvalue weighted by Gasteiger charge is -2.31. The zero-order valence-electron chi connectivity index (χ0n) is 14.4. The fourth-order valence-electron chi connectivity index (χ4n) is 2.86. The average molecular weight is 341 g/mol. The number of aliphatic hydroxyl groups is 1. The van der Waals surface area contributed by atoms with E-state index in [1.165, 1.54) is 24.3 Å². The number of hydrogen-bond donors (Lipinski definition) is 2. The molecule has 1 unspecified atom stereocenters. The van der Waals surface area contributed by atoms with E-state index in [9.17, 15) is 14.3 Å². The van der Waals surface area contributed by atoms with Crippen LogP contribution in [0.25, 0.3) is 6.08 Å². The van der Waals surface area contributed by atoms with Gasteiger partial charge in [0.15, 0.2) is 0 Å². The van der Waals surface area contributed by atoms with E-state index in [0.29, 0.717) is 17.0 Å². The molecule has 0 saturated heterocycles. The third-order valence-electron chi connectivity index (χ3n) is 4.39. The summed E-state index contributed by atoms with van der Waals surface area (Å²) in [5.74, 6) is -0.00667. The van der Waals surface area contributed by atoms with Crippen LogP contribution in [0.1, 0.15) is 34.0 Å². The highest BCUT2D eigenvalue weighted by atomic mass is 19.1. The predicted octanol–water partition coefficient (Wildman–Crippen LogP) is 3.85. The number of hydrogen-bond acceptors (Lipinski definition) is 3. The molecule has 2 N–H and O–H groups in total. The first-order valence-electron chi connectivity index (χ1n) is 8.03. The standard InChI is InChI=1S/C20H20FNO3/c1-12-10-17-16(8-9-20(3,11-23)25-17)13(2)18(12)22-19(24)14-4-6-15(21)7-5-14/h4-10,23H,11H2,1-3H3,(H,22,24). The topological polar surface area (TPSA) is 58.6 Å². The van der Waals surface area contributed by atoms with Gasteiger partial charge in [-0.1, -0.05) is 6.08 Å². The number of halogens is 1. The number of aliphatic hydroxyl groups excluding tert-OH is 1. The van der Waals surface area contributed by atoms with Crippen molar-refractivity contribution in [2.45, 2.75) is 26.4 Å². The summed E-state index contributed by atoms with van der Waals surface area (Å²) in [6.07, 6.45) is 3.71. The van der Waals surface area contributed by atoms with Gasteiger partial charge in [0, 0.05) is 16.8 Å². The lowest BCUT2D eigenvalue weighted by atomic mass is 9.95. The van der Waals surface area contributed by atoms with Gasteiger partial charge in [0.2, 0.25) is 0 Å². The largest absolute Gasteiger partial charge is 0.480 e.